The van der Waals surface area contributed by atoms with Gasteiger partial charge in [0, 0.05) is 11.9 Å². The molecule has 0 fully saturated rings. The van der Waals surface area contributed by atoms with Gasteiger partial charge in [-0.1, -0.05) is 13.0 Å². The Labute approximate surface area is 106 Å². The number of pyridine rings is 1. The number of carbonyl (C=O) groups is 1. The molecule has 4 heteroatoms. The predicted octanol–water partition coefficient (Wildman–Crippen LogP) is 2.21. The van der Waals surface area contributed by atoms with Gasteiger partial charge in [-0.2, -0.15) is 0 Å². The van der Waals surface area contributed by atoms with E-state index in [9.17, 15) is 9.90 Å². The summed E-state index contributed by atoms with van der Waals surface area (Å²) in [6.45, 7) is 2.61. The Morgan fingerprint density at radius 1 is 1.39 bits per heavy atom. The Morgan fingerprint density at radius 3 is 2.78 bits per heavy atom. The average molecular weight is 244 g/mol. The van der Waals surface area contributed by atoms with Gasteiger partial charge in [-0.05, 0) is 37.2 Å². The van der Waals surface area contributed by atoms with Gasteiger partial charge in [0.2, 0.25) is 0 Å². The summed E-state index contributed by atoms with van der Waals surface area (Å²) in [5.74, 6) is -0.909. The van der Waals surface area contributed by atoms with Crippen LogP contribution in [0.1, 0.15) is 28.5 Å². The predicted molar refractivity (Wildman–Crippen MR) is 70.8 cm³/mol. The van der Waals surface area contributed by atoms with Crippen LogP contribution in [0.2, 0.25) is 0 Å². The SMILES string of the molecule is CCc1ccc2nc(CNC)cc(C(=O)O)c2c1. The van der Waals surface area contributed by atoms with Crippen LogP contribution < -0.4 is 5.32 Å². The lowest BCUT2D eigenvalue weighted by atomic mass is 10.0. The number of rotatable bonds is 4. The van der Waals surface area contributed by atoms with E-state index in [2.05, 4.69) is 10.3 Å². The lowest BCUT2D eigenvalue weighted by Crippen LogP contribution is -2.09. The first kappa shape index (κ1) is 12.5. The van der Waals surface area contributed by atoms with Crippen LogP contribution in [0.3, 0.4) is 0 Å². The quantitative estimate of drug-likeness (QED) is 0.865. The lowest BCUT2D eigenvalue weighted by molar-refractivity contribution is 0.0699. The van der Waals surface area contributed by atoms with Crippen LogP contribution in [-0.2, 0) is 13.0 Å². The molecule has 0 saturated carbocycles. The zero-order valence-electron chi connectivity index (χ0n) is 10.5. The molecule has 0 atom stereocenters. The zero-order chi connectivity index (χ0) is 13.1. The highest BCUT2D eigenvalue weighted by atomic mass is 16.4. The van der Waals surface area contributed by atoms with E-state index in [0.29, 0.717) is 17.5 Å². The molecule has 1 aromatic carbocycles. The monoisotopic (exact) mass is 244 g/mol. The normalized spacial score (nSPS) is 10.8. The molecule has 0 spiro atoms. The average Bonchev–Trinajstić information content (AvgIpc) is 2.37. The lowest BCUT2D eigenvalue weighted by Gasteiger charge is -2.08. The van der Waals surface area contributed by atoms with Gasteiger partial charge in [0.1, 0.15) is 0 Å². The summed E-state index contributed by atoms with van der Waals surface area (Å²) < 4.78 is 0. The molecular weight excluding hydrogens is 228 g/mol. The maximum atomic E-state index is 11.3. The molecule has 0 amide bonds. The number of hydrogen-bond donors (Lipinski definition) is 2. The topological polar surface area (TPSA) is 62.2 Å². The third-order valence-electron chi connectivity index (χ3n) is 2.92. The van der Waals surface area contributed by atoms with Crippen LogP contribution in [0, 0.1) is 0 Å². The fourth-order valence-corrected chi connectivity index (χ4v) is 2.00. The molecule has 2 rings (SSSR count). The van der Waals surface area contributed by atoms with E-state index in [1.807, 2.05) is 32.2 Å². The molecule has 1 heterocycles. The number of benzene rings is 1. The standard InChI is InChI=1S/C14H16N2O2/c1-3-9-4-5-13-11(6-9)12(14(17)18)7-10(16-13)8-15-2/h4-7,15H,3,8H2,1-2H3,(H,17,18). The van der Waals surface area contributed by atoms with Gasteiger partial charge < -0.3 is 10.4 Å². The summed E-state index contributed by atoms with van der Waals surface area (Å²) in [6.07, 6.45) is 0.882. The van der Waals surface area contributed by atoms with Crippen molar-refractivity contribution in [2.24, 2.45) is 0 Å². The highest BCUT2D eigenvalue weighted by Crippen LogP contribution is 2.20. The fourth-order valence-electron chi connectivity index (χ4n) is 2.00. The number of aromatic carboxylic acids is 1. The molecule has 18 heavy (non-hydrogen) atoms. The van der Waals surface area contributed by atoms with Crippen LogP contribution in [0.15, 0.2) is 24.3 Å². The Kier molecular flexibility index (Phi) is 3.58. The van der Waals surface area contributed by atoms with Crippen LogP contribution >= 0.6 is 0 Å². The summed E-state index contributed by atoms with van der Waals surface area (Å²) in [6, 6.07) is 7.43. The van der Waals surface area contributed by atoms with Gasteiger partial charge in [-0.15, -0.1) is 0 Å². The van der Waals surface area contributed by atoms with Crippen molar-refractivity contribution in [2.45, 2.75) is 19.9 Å². The van der Waals surface area contributed by atoms with Gasteiger partial charge in [-0.3, -0.25) is 4.98 Å². The van der Waals surface area contributed by atoms with Crippen molar-refractivity contribution in [3.05, 3.63) is 41.1 Å². The van der Waals surface area contributed by atoms with Crippen molar-refractivity contribution in [1.29, 1.82) is 0 Å². The van der Waals surface area contributed by atoms with Crippen LogP contribution in [0.5, 0.6) is 0 Å². The van der Waals surface area contributed by atoms with Gasteiger partial charge in [0.05, 0.1) is 16.8 Å². The molecule has 0 bridgehead atoms. The van der Waals surface area contributed by atoms with Gasteiger partial charge in [0.25, 0.3) is 0 Å². The Morgan fingerprint density at radius 2 is 2.17 bits per heavy atom. The first-order chi connectivity index (χ1) is 8.65. The number of carboxylic acid groups (broad SMARTS) is 1. The van der Waals surface area contributed by atoms with Gasteiger partial charge >= 0.3 is 5.97 Å². The Hall–Kier alpha value is -1.94. The van der Waals surface area contributed by atoms with Crippen molar-refractivity contribution in [3.63, 3.8) is 0 Å². The highest BCUT2D eigenvalue weighted by molar-refractivity contribution is 6.02. The molecule has 0 aliphatic heterocycles. The maximum absolute atomic E-state index is 11.3. The van der Waals surface area contributed by atoms with E-state index in [-0.39, 0.29) is 0 Å². The summed E-state index contributed by atoms with van der Waals surface area (Å²) in [5.41, 5.74) is 2.91. The minimum atomic E-state index is -0.909. The van der Waals surface area contributed by atoms with Crippen molar-refractivity contribution in [2.75, 3.05) is 7.05 Å². The molecule has 2 N–H and O–H groups in total. The first-order valence-corrected chi connectivity index (χ1v) is 5.96. The number of nitrogens with zero attached hydrogens (tertiary/aromatic N) is 1. The van der Waals surface area contributed by atoms with Crippen molar-refractivity contribution < 1.29 is 9.90 Å². The summed E-state index contributed by atoms with van der Waals surface area (Å²) in [5, 5.41) is 13.0. The Bertz CT molecular complexity index is 594. The Balaban J connectivity index is 2.68. The summed E-state index contributed by atoms with van der Waals surface area (Å²) >= 11 is 0. The maximum Gasteiger partial charge on any atom is 0.336 e. The second-order valence-corrected chi connectivity index (χ2v) is 4.20. The van der Waals surface area contributed by atoms with Crippen molar-refractivity contribution in [1.82, 2.24) is 10.3 Å². The second kappa shape index (κ2) is 5.14. The molecule has 0 aliphatic rings. The number of carboxylic acids is 1. The molecule has 0 saturated heterocycles. The molecule has 0 unspecified atom stereocenters. The molecule has 2 aromatic rings. The summed E-state index contributed by atoms with van der Waals surface area (Å²) in [7, 11) is 1.81. The number of aryl methyl sites for hydroxylation is 1. The minimum Gasteiger partial charge on any atom is -0.478 e. The van der Waals surface area contributed by atoms with Gasteiger partial charge in [0.15, 0.2) is 0 Å². The van der Waals surface area contributed by atoms with Crippen molar-refractivity contribution in [3.8, 4) is 0 Å². The number of nitrogens with one attached hydrogen (secondary N) is 1. The highest BCUT2D eigenvalue weighted by Gasteiger charge is 2.12. The molecule has 1 aromatic heterocycles. The summed E-state index contributed by atoms with van der Waals surface area (Å²) in [4.78, 5) is 15.8. The number of hydrogen-bond acceptors (Lipinski definition) is 3. The first-order valence-electron chi connectivity index (χ1n) is 5.96. The number of aromatic nitrogens is 1. The largest absolute Gasteiger partial charge is 0.478 e. The molecule has 94 valence electrons. The van der Waals surface area contributed by atoms with E-state index in [1.165, 1.54) is 0 Å². The van der Waals surface area contributed by atoms with E-state index < -0.39 is 5.97 Å². The van der Waals surface area contributed by atoms with Crippen molar-refractivity contribution >= 4 is 16.9 Å². The zero-order valence-corrected chi connectivity index (χ0v) is 10.5. The fraction of sp³-hybridized carbons (Fsp3) is 0.286. The number of fused-ring (bicyclic) bond motifs is 1. The second-order valence-electron chi connectivity index (χ2n) is 4.20. The molecular formula is C14H16N2O2. The van der Waals surface area contributed by atoms with Gasteiger partial charge in [-0.25, -0.2) is 4.79 Å². The third kappa shape index (κ3) is 2.33. The van der Waals surface area contributed by atoms with E-state index in [0.717, 1.165) is 23.2 Å². The van der Waals surface area contributed by atoms with E-state index in [1.54, 1.807) is 6.07 Å². The van der Waals surface area contributed by atoms with Crippen LogP contribution in [-0.4, -0.2) is 23.1 Å². The molecule has 0 radical (unpaired) electrons. The van der Waals surface area contributed by atoms with E-state index in [4.69, 9.17) is 0 Å². The molecule has 4 nitrogen and oxygen atoms in total. The smallest absolute Gasteiger partial charge is 0.336 e. The van der Waals surface area contributed by atoms with Crippen LogP contribution in [0.4, 0.5) is 0 Å². The van der Waals surface area contributed by atoms with E-state index >= 15 is 0 Å². The van der Waals surface area contributed by atoms with Crippen LogP contribution in [0.25, 0.3) is 10.9 Å². The molecule has 0 aliphatic carbocycles. The third-order valence-corrected chi connectivity index (χ3v) is 2.92. The minimum absolute atomic E-state index is 0.320.